The van der Waals surface area contributed by atoms with Crippen molar-refractivity contribution < 1.29 is 0 Å². The van der Waals surface area contributed by atoms with Crippen molar-refractivity contribution in [3.05, 3.63) is 50.0 Å². The van der Waals surface area contributed by atoms with Crippen LogP contribution in [0.15, 0.2) is 35.8 Å². The van der Waals surface area contributed by atoms with Gasteiger partial charge in [-0.3, -0.25) is 0 Å². The number of hydrogen-bond acceptors (Lipinski definition) is 3. The predicted molar refractivity (Wildman–Crippen MR) is 81.4 cm³/mol. The topological polar surface area (TPSA) is 24.9 Å². The van der Waals surface area contributed by atoms with Crippen molar-refractivity contribution in [1.29, 1.82) is 0 Å². The van der Waals surface area contributed by atoms with Crippen LogP contribution < -0.4 is 5.32 Å². The molecule has 0 saturated heterocycles. The van der Waals surface area contributed by atoms with Crippen molar-refractivity contribution in [2.45, 2.75) is 19.4 Å². The lowest BCUT2D eigenvalue weighted by Crippen LogP contribution is -2.21. The number of nitrogens with zero attached hydrogens (tertiary/aromatic N) is 1. The molecule has 0 bridgehead atoms. The molecule has 17 heavy (non-hydrogen) atoms. The number of thiazole rings is 1. The summed E-state index contributed by atoms with van der Waals surface area (Å²) in [7, 11) is 0. The first-order valence-corrected chi connectivity index (χ1v) is 7.59. The number of aromatic nitrogens is 1. The highest BCUT2D eigenvalue weighted by Gasteiger charge is 2.04. The van der Waals surface area contributed by atoms with Gasteiger partial charge in [-0.15, -0.1) is 11.3 Å². The minimum absolute atomic E-state index is 0.395. The molecule has 1 aromatic carbocycles. The fraction of sp³-hybridized carbons (Fsp3) is 0.308. The fourth-order valence-electron chi connectivity index (χ4n) is 1.64. The molecule has 1 aromatic heterocycles. The maximum Gasteiger partial charge on any atom is 0.0937 e. The lowest BCUT2D eigenvalue weighted by molar-refractivity contribution is 0.576. The summed E-state index contributed by atoms with van der Waals surface area (Å²) < 4.78 is 1.28. The van der Waals surface area contributed by atoms with Crippen LogP contribution >= 0.6 is 33.9 Å². The second kappa shape index (κ2) is 6.47. The van der Waals surface area contributed by atoms with E-state index >= 15 is 0 Å². The normalized spacial score (nSPS) is 12.6. The third-order valence-electron chi connectivity index (χ3n) is 2.64. The highest BCUT2D eigenvalue weighted by molar-refractivity contribution is 14.1. The van der Waals surface area contributed by atoms with Crippen LogP contribution in [0.5, 0.6) is 0 Å². The van der Waals surface area contributed by atoms with Gasteiger partial charge in [0.25, 0.3) is 0 Å². The van der Waals surface area contributed by atoms with Gasteiger partial charge in [-0.25, -0.2) is 4.98 Å². The summed E-state index contributed by atoms with van der Waals surface area (Å²) in [6.07, 6.45) is 2.87. The zero-order chi connectivity index (χ0) is 12.1. The molecule has 4 heteroatoms. The highest BCUT2D eigenvalue weighted by atomic mass is 127. The minimum atomic E-state index is 0.395. The van der Waals surface area contributed by atoms with Gasteiger partial charge < -0.3 is 5.32 Å². The Morgan fingerprint density at radius 3 is 2.76 bits per heavy atom. The van der Waals surface area contributed by atoms with E-state index in [9.17, 15) is 0 Å². The van der Waals surface area contributed by atoms with Crippen LogP contribution in [0.1, 0.15) is 23.5 Å². The van der Waals surface area contributed by atoms with Gasteiger partial charge in [0, 0.05) is 34.2 Å². The van der Waals surface area contributed by atoms with Gasteiger partial charge in [-0.1, -0.05) is 12.1 Å². The Hall–Kier alpha value is -0.460. The number of nitrogens with one attached hydrogen (secondary N) is 1. The Bertz CT molecular complexity index is 439. The maximum absolute atomic E-state index is 4.27. The van der Waals surface area contributed by atoms with Crippen molar-refractivity contribution >= 4 is 33.9 Å². The summed E-state index contributed by atoms with van der Waals surface area (Å²) in [4.78, 5) is 4.27. The zero-order valence-corrected chi connectivity index (χ0v) is 12.7. The van der Waals surface area contributed by atoms with Crippen molar-refractivity contribution in [2.24, 2.45) is 0 Å². The Morgan fingerprint density at radius 2 is 2.12 bits per heavy atom. The summed E-state index contributed by atoms with van der Waals surface area (Å²) in [6, 6.07) is 9.06. The molecule has 2 aromatic rings. The first-order valence-electron chi connectivity index (χ1n) is 5.63. The second-order valence-electron chi connectivity index (χ2n) is 3.90. The molecule has 2 nitrogen and oxygen atoms in total. The maximum atomic E-state index is 4.27. The number of hydrogen-bond donors (Lipinski definition) is 1. The lowest BCUT2D eigenvalue weighted by Gasteiger charge is -2.13. The van der Waals surface area contributed by atoms with Crippen LogP contribution in [-0.4, -0.2) is 11.5 Å². The van der Waals surface area contributed by atoms with E-state index in [0.29, 0.717) is 6.04 Å². The summed E-state index contributed by atoms with van der Waals surface area (Å²) in [5, 5.41) is 6.75. The lowest BCUT2D eigenvalue weighted by atomic mass is 10.1. The first kappa shape index (κ1) is 13.0. The monoisotopic (exact) mass is 358 g/mol. The molecule has 90 valence electrons. The zero-order valence-electron chi connectivity index (χ0n) is 9.69. The molecule has 0 aliphatic heterocycles. The third-order valence-corrected chi connectivity index (χ3v) is 4.20. The van der Waals surface area contributed by atoms with Crippen molar-refractivity contribution in [2.75, 3.05) is 6.54 Å². The summed E-state index contributed by atoms with van der Waals surface area (Å²) in [5.41, 5.74) is 1.34. The van der Waals surface area contributed by atoms with Crippen LogP contribution in [0.25, 0.3) is 0 Å². The van der Waals surface area contributed by atoms with E-state index in [2.05, 4.69) is 64.1 Å². The summed E-state index contributed by atoms with van der Waals surface area (Å²) in [6.45, 7) is 3.17. The number of halogens is 1. The molecule has 0 aliphatic carbocycles. The average molecular weight is 358 g/mol. The standard InChI is InChI=1S/C13H15IN2S/c1-10(11-2-4-12(14)5-3-11)15-7-6-13-16-8-9-17-13/h2-5,8-10,15H,6-7H2,1H3. The minimum Gasteiger partial charge on any atom is -0.310 e. The van der Waals surface area contributed by atoms with Crippen LogP contribution in [0.3, 0.4) is 0 Å². The van der Waals surface area contributed by atoms with Crippen molar-refractivity contribution in [3.63, 3.8) is 0 Å². The molecule has 2 rings (SSSR count). The van der Waals surface area contributed by atoms with Gasteiger partial charge in [0.05, 0.1) is 5.01 Å². The number of benzene rings is 1. The second-order valence-corrected chi connectivity index (χ2v) is 6.13. The predicted octanol–water partition coefficient (Wildman–Crippen LogP) is 3.64. The molecule has 0 amide bonds. The molecular weight excluding hydrogens is 343 g/mol. The molecular formula is C13H15IN2S. The van der Waals surface area contributed by atoms with E-state index in [1.807, 2.05) is 11.6 Å². The Labute approximate surface area is 120 Å². The van der Waals surface area contributed by atoms with Crippen LogP contribution in [0.4, 0.5) is 0 Å². The van der Waals surface area contributed by atoms with Gasteiger partial charge in [0.15, 0.2) is 0 Å². The average Bonchev–Trinajstić information content (AvgIpc) is 2.83. The molecule has 0 fully saturated rings. The largest absolute Gasteiger partial charge is 0.310 e. The Balaban J connectivity index is 1.81. The highest BCUT2D eigenvalue weighted by Crippen LogP contribution is 2.14. The van der Waals surface area contributed by atoms with Crippen LogP contribution in [0.2, 0.25) is 0 Å². The third kappa shape index (κ3) is 4.04. The molecule has 1 N–H and O–H groups in total. The van der Waals surface area contributed by atoms with E-state index in [0.717, 1.165) is 13.0 Å². The number of rotatable bonds is 5. The fourth-order valence-corrected chi connectivity index (χ4v) is 2.62. The molecule has 0 saturated carbocycles. The molecule has 1 unspecified atom stereocenters. The van der Waals surface area contributed by atoms with Gasteiger partial charge in [0.2, 0.25) is 0 Å². The van der Waals surface area contributed by atoms with Gasteiger partial charge >= 0.3 is 0 Å². The van der Waals surface area contributed by atoms with Crippen LogP contribution in [0, 0.1) is 3.57 Å². The van der Waals surface area contributed by atoms with Crippen molar-refractivity contribution in [1.82, 2.24) is 10.3 Å². The summed E-state index contributed by atoms with van der Waals surface area (Å²) in [5.74, 6) is 0. The van der Waals surface area contributed by atoms with E-state index in [1.165, 1.54) is 14.1 Å². The Kier molecular flexibility index (Phi) is 4.94. The van der Waals surface area contributed by atoms with Crippen LogP contribution in [-0.2, 0) is 6.42 Å². The van der Waals surface area contributed by atoms with Gasteiger partial charge in [-0.2, -0.15) is 0 Å². The molecule has 1 heterocycles. The van der Waals surface area contributed by atoms with E-state index in [1.54, 1.807) is 11.3 Å². The van der Waals surface area contributed by atoms with E-state index in [-0.39, 0.29) is 0 Å². The SMILES string of the molecule is CC(NCCc1nccs1)c1ccc(I)cc1. The quantitative estimate of drug-likeness (QED) is 0.826. The molecule has 1 atom stereocenters. The Morgan fingerprint density at radius 1 is 1.35 bits per heavy atom. The first-order chi connectivity index (χ1) is 8.25. The van der Waals surface area contributed by atoms with E-state index in [4.69, 9.17) is 0 Å². The van der Waals surface area contributed by atoms with Gasteiger partial charge in [-0.05, 0) is 47.2 Å². The van der Waals surface area contributed by atoms with Gasteiger partial charge in [0.1, 0.15) is 0 Å². The smallest absolute Gasteiger partial charge is 0.0937 e. The molecule has 0 aliphatic rings. The van der Waals surface area contributed by atoms with E-state index < -0.39 is 0 Å². The molecule has 0 spiro atoms. The van der Waals surface area contributed by atoms with Crippen molar-refractivity contribution in [3.8, 4) is 0 Å². The molecule has 0 radical (unpaired) electrons. The summed E-state index contributed by atoms with van der Waals surface area (Å²) >= 11 is 4.05.